The summed E-state index contributed by atoms with van der Waals surface area (Å²) in [4.78, 5) is 23.2. The Kier molecular flexibility index (Phi) is 5.46. The van der Waals surface area contributed by atoms with Gasteiger partial charge in [-0.15, -0.1) is 11.8 Å². The van der Waals surface area contributed by atoms with E-state index in [1.807, 2.05) is 18.2 Å². The van der Waals surface area contributed by atoms with E-state index < -0.39 is 12.0 Å². The van der Waals surface area contributed by atoms with Crippen LogP contribution in [0.1, 0.15) is 18.5 Å². The Hall–Kier alpha value is -1.99. The van der Waals surface area contributed by atoms with E-state index in [0.717, 1.165) is 11.1 Å². The maximum atomic E-state index is 12.1. The molecular weight excluding hydrogens is 302 g/mol. The zero-order valence-corrected chi connectivity index (χ0v) is 13.0. The van der Waals surface area contributed by atoms with Crippen LogP contribution in [0.15, 0.2) is 41.6 Å². The van der Waals surface area contributed by atoms with Gasteiger partial charge in [0.25, 0.3) is 0 Å². The van der Waals surface area contributed by atoms with Crippen LogP contribution in [-0.4, -0.2) is 34.7 Å². The average Bonchev–Trinajstić information content (AvgIpc) is 2.53. The number of carboxylic acids is 1. The van der Waals surface area contributed by atoms with Crippen molar-refractivity contribution >= 4 is 23.6 Å². The molecule has 7 heteroatoms. The van der Waals surface area contributed by atoms with E-state index in [0.29, 0.717) is 12.3 Å². The van der Waals surface area contributed by atoms with E-state index in [1.54, 1.807) is 30.8 Å². The molecule has 1 amide bonds. The van der Waals surface area contributed by atoms with Crippen LogP contribution in [-0.2, 0) is 9.59 Å². The van der Waals surface area contributed by atoms with Crippen LogP contribution in [0.5, 0.6) is 0 Å². The summed E-state index contributed by atoms with van der Waals surface area (Å²) in [7, 11) is 0. The second-order valence-corrected chi connectivity index (χ2v) is 6.23. The van der Waals surface area contributed by atoms with Crippen molar-refractivity contribution in [2.24, 2.45) is 5.73 Å². The van der Waals surface area contributed by atoms with Crippen LogP contribution < -0.4 is 16.4 Å². The summed E-state index contributed by atoms with van der Waals surface area (Å²) in [6.07, 6.45) is 0. The lowest BCUT2D eigenvalue weighted by Gasteiger charge is -2.26. The highest BCUT2D eigenvalue weighted by molar-refractivity contribution is 8.00. The molecule has 0 aromatic heterocycles. The van der Waals surface area contributed by atoms with Crippen LogP contribution in [0.4, 0.5) is 0 Å². The molecule has 2 unspecified atom stereocenters. The molecule has 0 saturated heterocycles. The lowest BCUT2D eigenvalue weighted by atomic mass is 10.1. The molecule has 1 heterocycles. The van der Waals surface area contributed by atoms with E-state index >= 15 is 0 Å². The minimum atomic E-state index is -0.977. The second kappa shape index (κ2) is 7.33. The van der Waals surface area contributed by atoms with Gasteiger partial charge in [-0.1, -0.05) is 30.3 Å². The van der Waals surface area contributed by atoms with Crippen molar-refractivity contribution in [3.05, 3.63) is 47.2 Å². The van der Waals surface area contributed by atoms with Gasteiger partial charge in [0.1, 0.15) is 11.7 Å². The topological polar surface area (TPSA) is 104 Å². The molecule has 22 heavy (non-hydrogen) atoms. The van der Waals surface area contributed by atoms with E-state index in [4.69, 9.17) is 10.8 Å². The minimum Gasteiger partial charge on any atom is -0.477 e. The number of amides is 1. The van der Waals surface area contributed by atoms with Gasteiger partial charge >= 0.3 is 5.97 Å². The van der Waals surface area contributed by atoms with Gasteiger partial charge in [0.2, 0.25) is 5.91 Å². The van der Waals surface area contributed by atoms with Gasteiger partial charge in [-0.3, -0.25) is 4.79 Å². The number of hydrogen-bond donors (Lipinski definition) is 4. The monoisotopic (exact) mass is 321 g/mol. The van der Waals surface area contributed by atoms with Crippen LogP contribution in [0.2, 0.25) is 0 Å². The Bertz CT molecular complexity index is 589. The molecule has 0 radical (unpaired) electrons. The van der Waals surface area contributed by atoms with Crippen LogP contribution >= 0.6 is 11.8 Å². The molecule has 0 aliphatic carbocycles. The summed E-state index contributed by atoms with van der Waals surface area (Å²) in [6.45, 7) is 2.09. The van der Waals surface area contributed by atoms with Gasteiger partial charge in [0.15, 0.2) is 0 Å². The van der Waals surface area contributed by atoms with Crippen molar-refractivity contribution in [3.8, 4) is 0 Å². The molecular formula is C15H19N3O3S. The SMILES string of the molecule is CC1=C(C(=O)O)NC(CNC(=O)C(N)c2ccccc2)SC1. The van der Waals surface area contributed by atoms with Gasteiger partial charge < -0.3 is 21.5 Å². The second-order valence-electron chi connectivity index (χ2n) is 5.04. The molecule has 1 aromatic rings. The number of nitrogens with two attached hydrogens (primary N) is 1. The molecule has 5 N–H and O–H groups in total. The molecule has 0 bridgehead atoms. The molecule has 1 aromatic carbocycles. The lowest BCUT2D eigenvalue weighted by molar-refractivity contribution is -0.133. The van der Waals surface area contributed by atoms with E-state index in [1.165, 1.54) is 0 Å². The molecule has 2 rings (SSSR count). The Balaban J connectivity index is 1.88. The number of hydrogen-bond acceptors (Lipinski definition) is 5. The number of nitrogens with one attached hydrogen (secondary N) is 2. The Labute approximate surface area is 133 Å². The van der Waals surface area contributed by atoms with Gasteiger partial charge in [-0.05, 0) is 18.1 Å². The van der Waals surface area contributed by atoms with E-state index in [2.05, 4.69) is 10.6 Å². The maximum absolute atomic E-state index is 12.1. The molecule has 0 spiro atoms. The number of benzene rings is 1. The zero-order valence-electron chi connectivity index (χ0n) is 12.2. The van der Waals surface area contributed by atoms with Crippen LogP contribution in [0.3, 0.4) is 0 Å². The third kappa shape index (κ3) is 4.02. The van der Waals surface area contributed by atoms with Crippen molar-refractivity contribution in [2.45, 2.75) is 18.3 Å². The Morgan fingerprint density at radius 3 is 2.77 bits per heavy atom. The van der Waals surface area contributed by atoms with Crippen LogP contribution in [0.25, 0.3) is 0 Å². The first kappa shape index (κ1) is 16.4. The fourth-order valence-electron chi connectivity index (χ4n) is 2.09. The zero-order chi connectivity index (χ0) is 16.1. The highest BCUT2D eigenvalue weighted by atomic mass is 32.2. The molecule has 118 valence electrons. The predicted molar refractivity (Wildman–Crippen MR) is 86.1 cm³/mol. The van der Waals surface area contributed by atoms with Crippen molar-refractivity contribution in [2.75, 3.05) is 12.3 Å². The lowest BCUT2D eigenvalue weighted by Crippen LogP contribution is -2.44. The van der Waals surface area contributed by atoms with Crippen molar-refractivity contribution in [1.29, 1.82) is 0 Å². The van der Waals surface area contributed by atoms with Crippen molar-refractivity contribution in [3.63, 3.8) is 0 Å². The number of carbonyl (C=O) groups excluding carboxylic acids is 1. The summed E-state index contributed by atoms with van der Waals surface area (Å²) in [5.41, 5.74) is 7.66. The first-order valence-corrected chi connectivity index (χ1v) is 7.93. The van der Waals surface area contributed by atoms with Gasteiger partial charge in [-0.2, -0.15) is 0 Å². The summed E-state index contributed by atoms with van der Waals surface area (Å²) in [5, 5.41) is 14.6. The molecule has 1 aliphatic rings. The predicted octanol–water partition coefficient (Wildman–Crippen LogP) is 0.824. The smallest absolute Gasteiger partial charge is 0.351 e. The Morgan fingerprint density at radius 1 is 1.45 bits per heavy atom. The van der Waals surface area contributed by atoms with Gasteiger partial charge in [0.05, 0.1) is 5.37 Å². The summed E-state index contributed by atoms with van der Waals surface area (Å²) < 4.78 is 0. The minimum absolute atomic E-state index is 0.179. The largest absolute Gasteiger partial charge is 0.477 e. The normalized spacial score (nSPS) is 19.3. The molecule has 6 nitrogen and oxygen atoms in total. The fourth-order valence-corrected chi connectivity index (χ4v) is 3.09. The fraction of sp³-hybridized carbons (Fsp3) is 0.333. The van der Waals surface area contributed by atoms with E-state index in [9.17, 15) is 9.59 Å². The van der Waals surface area contributed by atoms with Crippen LogP contribution in [0, 0.1) is 0 Å². The third-order valence-electron chi connectivity index (χ3n) is 3.35. The average molecular weight is 321 g/mol. The number of aliphatic carboxylic acids is 1. The quantitative estimate of drug-likeness (QED) is 0.640. The maximum Gasteiger partial charge on any atom is 0.351 e. The first-order valence-electron chi connectivity index (χ1n) is 6.88. The number of thioether (sulfide) groups is 1. The third-order valence-corrected chi connectivity index (χ3v) is 4.64. The van der Waals surface area contributed by atoms with Gasteiger partial charge in [-0.25, -0.2) is 4.79 Å². The summed E-state index contributed by atoms with van der Waals surface area (Å²) in [5.74, 6) is -0.633. The molecule has 0 fully saturated rings. The summed E-state index contributed by atoms with van der Waals surface area (Å²) in [6, 6.07) is 8.38. The van der Waals surface area contributed by atoms with Gasteiger partial charge in [0, 0.05) is 12.3 Å². The number of carboxylic acid groups (broad SMARTS) is 1. The number of carbonyl (C=O) groups is 2. The molecule has 2 atom stereocenters. The van der Waals surface area contributed by atoms with Crippen molar-refractivity contribution < 1.29 is 14.7 Å². The van der Waals surface area contributed by atoms with E-state index in [-0.39, 0.29) is 17.0 Å². The Morgan fingerprint density at radius 2 is 2.14 bits per heavy atom. The molecule has 1 aliphatic heterocycles. The van der Waals surface area contributed by atoms with Crippen molar-refractivity contribution in [1.82, 2.24) is 10.6 Å². The first-order chi connectivity index (χ1) is 10.5. The highest BCUT2D eigenvalue weighted by Gasteiger charge is 2.24. The standard InChI is InChI=1S/C15H19N3O3S/c1-9-8-22-11(18-13(9)15(20)21)7-17-14(19)12(16)10-5-3-2-4-6-10/h2-6,11-12,18H,7-8,16H2,1H3,(H,17,19)(H,20,21). The molecule has 0 saturated carbocycles. The summed E-state index contributed by atoms with van der Waals surface area (Å²) >= 11 is 1.55. The highest BCUT2D eigenvalue weighted by Crippen LogP contribution is 2.21. The number of rotatable bonds is 5.